The fraction of sp³-hybridized carbons (Fsp3) is 0.100. The second-order valence-electron chi connectivity index (χ2n) is 12.7. The van der Waals surface area contributed by atoms with E-state index in [0.29, 0.717) is 10.0 Å². The highest BCUT2D eigenvalue weighted by atomic mass is 35.5. The van der Waals surface area contributed by atoms with Gasteiger partial charge in [0.05, 0.1) is 64.0 Å². The van der Waals surface area contributed by atoms with E-state index in [1.807, 2.05) is 0 Å². The minimum Gasteiger partial charge on any atom is -0.322 e. The van der Waals surface area contributed by atoms with Crippen molar-refractivity contribution < 1.29 is 28.8 Å². The number of hydrogen-bond acceptors (Lipinski definition) is 10. The lowest BCUT2D eigenvalue weighted by Gasteiger charge is -2.15. The van der Waals surface area contributed by atoms with Gasteiger partial charge in [-0.05, 0) is 86.6 Å². The van der Waals surface area contributed by atoms with E-state index in [0.717, 1.165) is 13.8 Å². The number of ketones is 2. The Kier molecular flexibility index (Phi) is 16.4. The normalized spacial score (nSPS) is 12.2. The molecule has 2 unspecified atom stereocenters. The molecule has 14 nitrogen and oxygen atoms in total. The van der Waals surface area contributed by atoms with Crippen LogP contribution in [0.1, 0.15) is 34.6 Å². The summed E-state index contributed by atoms with van der Waals surface area (Å²) in [6, 6.07) is 16.5. The third-order valence-corrected chi connectivity index (χ3v) is 10.7. The first-order valence-corrected chi connectivity index (χ1v) is 20.4. The topological polar surface area (TPSA) is 200 Å². The van der Waals surface area contributed by atoms with Gasteiger partial charge in [0.1, 0.15) is 11.4 Å². The molecule has 0 aliphatic rings. The van der Waals surface area contributed by atoms with Gasteiger partial charge in [0, 0.05) is 10.0 Å². The number of Topliss-reactive ketones (excluding diaryl/α,β-unsaturated/α-hetero) is 2. The SMILES string of the molecule is CC(=O)C(N=Nc1cccc(C(=O)Nc2cc(Cl)ccc2Cl)c1Cl)C(=O)Nc1cc(Cl)c(NC(=O)C(N=Nc2cccc(C(=O)Nc3cc(Cl)ccc3Cl)c2Cl)C(C)=O)cc1Cl. The summed E-state index contributed by atoms with van der Waals surface area (Å²) in [5.41, 5.74) is 0.161. The Morgan fingerprint density at radius 2 is 0.806 bits per heavy atom. The molecule has 2 atom stereocenters. The molecule has 4 amide bonds. The summed E-state index contributed by atoms with van der Waals surface area (Å²) in [5.74, 6) is -4.69. The van der Waals surface area contributed by atoms with Crippen LogP contribution >= 0.6 is 92.8 Å². The molecule has 0 aliphatic heterocycles. The van der Waals surface area contributed by atoms with Crippen LogP contribution in [0.2, 0.25) is 40.2 Å². The number of halogens is 8. The van der Waals surface area contributed by atoms with Crippen molar-refractivity contribution in [1.29, 1.82) is 0 Å². The summed E-state index contributed by atoms with van der Waals surface area (Å²) >= 11 is 50.1. The Morgan fingerprint density at radius 1 is 0.452 bits per heavy atom. The van der Waals surface area contributed by atoms with Gasteiger partial charge < -0.3 is 21.3 Å². The van der Waals surface area contributed by atoms with Gasteiger partial charge in [0.2, 0.25) is 12.1 Å². The molecule has 0 fully saturated rings. The number of carbonyl (C=O) groups excluding carboxylic acids is 6. The standard InChI is InChI=1S/C40H26Cl8N8O6/c1-17(57)35(55-53-27-7-3-5-21(33(27)47)37(59)49-29-13-19(41)9-11-23(29)43)39(61)51-31-15-26(46)32(16-25(31)45)52-40(62)36(18(2)58)56-54-28-8-4-6-22(34(28)48)38(60)50-30-14-20(42)10-12-24(30)44/h3-16,35-36H,1-2H3,(H,49,59)(H,50,60)(H,51,61)(H,52,62). The first-order chi connectivity index (χ1) is 29.3. The van der Waals surface area contributed by atoms with Gasteiger partial charge in [-0.15, -0.1) is 0 Å². The van der Waals surface area contributed by atoms with Gasteiger partial charge in [-0.25, -0.2) is 0 Å². The minimum atomic E-state index is -1.71. The molecular formula is C40H26Cl8N8O6. The van der Waals surface area contributed by atoms with Crippen molar-refractivity contribution in [3.05, 3.63) is 136 Å². The zero-order valence-corrected chi connectivity index (χ0v) is 37.5. The molecule has 0 bridgehead atoms. The van der Waals surface area contributed by atoms with Crippen molar-refractivity contribution in [1.82, 2.24) is 0 Å². The number of carbonyl (C=O) groups is 6. The largest absolute Gasteiger partial charge is 0.322 e. The highest BCUT2D eigenvalue weighted by Gasteiger charge is 2.27. The zero-order valence-electron chi connectivity index (χ0n) is 31.5. The summed E-state index contributed by atoms with van der Waals surface area (Å²) in [5, 5.41) is 26.3. The van der Waals surface area contributed by atoms with E-state index >= 15 is 0 Å². The molecule has 22 heteroatoms. The van der Waals surface area contributed by atoms with Gasteiger partial charge in [0.15, 0.2) is 11.6 Å². The van der Waals surface area contributed by atoms with E-state index < -0.39 is 47.3 Å². The first kappa shape index (κ1) is 47.9. The molecule has 5 rings (SSSR count). The Labute approximate surface area is 392 Å². The fourth-order valence-electron chi connectivity index (χ4n) is 5.13. The van der Waals surface area contributed by atoms with E-state index in [-0.39, 0.29) is 75.4 Å². The molecule has 0 spiro atoms. The summed E-state index contributed by atoms with van der Waals surface area (Å²) in [4.78, 5) is 77.7. The molecule has 5 aromatic carbocycles. The lowest BCUT2D eigenvalue weighted by molar-refractivity contribution is -0.127. The van der Waals surface area contributed by atoms with E-state index in [4.69, 9.17) is 92.8 Å². The molecule has 0 aromatic heterocycles. The molecule has 5 aromatic rings. The molecule has 4 N–H and O–H groups in total. The van der Waals surface area contributed by atoms with Crippen LogP contribution in [0.4, 0.5) is 34.1 Å². The molecule has 0 heterocycles. The van der Waals surface area contributed by atoms with Gasteiger partial charge >= 0.3 is 0 Å². The van der Waals surface area contributed by atoms with Crippen molar-refractivity contribution in [3.63, 3.8) is 0 Å². The van der Waals surface area contributed by atoms with Gasteiger partial charge in [-0.3, -0.25) is 28.8 Å². The highest BCUT2D eigenvalue weighted by Crippen LogP contribution is 2.35. The maximum atomic E-state index is 13.3. The average molecular weight is 998 g/mol. The van der Waals surface area contributed by atoms with Crippen LogP contribution in [0, 0.1) is 0 Å². The molecule has 0 saturated heterocycles. The van der Waals surface area contributed by atoms with Crippen LogP contribution in [0.25, 0.3) is 0 Å². The van der Waals surface area contributed by atoms with Crippen LogP contribution in [0.5, 0.6) is 0 Å². The lowest BCUT2D eigenvalue weighted by Crippen LogP contribution is -2.32. The maximum Gasteiger partial charge on any atom is 0.258 e. The smallest absolute Gasteiger partial charge is 0.258 e. The Bertz CT molecular complexity index is 2530. The number of anilines is 4. The molecule has 62 heavy (non-hydrogen) atoms. The number of nitrogens with one attached hydrogen (secondary N) is 4. The van der Waals surface area contributed by atoms with Crippen LogP contribution in [-0.4, -0.2) is 47.3 Å². The number of amides is 4. The maximum absolute atomic E-state index is 13.3. The third kappa shape index (κ3) is 12.1. The van der Waals surface area contributed by atoms with E-state index in [9.17, 15) is 28.8 Å². The van der Waals surface area contributed by atoms with Crippen molar-refractivity contribution in [3.8, 4) is 0 Å². The quantitative estimate of drug-likeness (QED) is 0.0630. The van der Waals surface area contributed by atoms with Crippen LogP contribution < -0.4 is 21.3 Å². The van der Waals surface area contributed by atoms with Gasteiger partial charge in [-0.1, -0.05) is 105 Å². The van der Waals surface area contributed by atoms with Crippen LogP contribution in [-0.2, 0) is 19.2 Å². The van der Waals surface area contributed by atoms with Gasteiger partial charge in [0.25, 0.3) is 23.6 Å². The summed E-state index contributed by atoms with van der Waals surface area (Å²) in [6.07, 6.45) is 0. The van der Waals surface area contributed by atoms with Gasteiger partial charge in [-0.2, -0.15) is 20.5 Å². The molecule has 0 radical (unpaired) electrons. The molecule has 318 valence electrons. The Balaban J connectivity index is 1.27. The predicted molar refractivity (Wildman–Crippen MR) is 243 cm³/mol. The molecule has 0 saturated carbocycles. The summed E-state index contributed by atoms with van der Waals surface area (Å²) < 4.78 is 0. The number of azo groups is 2. The van der Waals surface area contributed by atoms with E-state index in [1.54, 1.807) is 12.1 Å². The average Bonchev–Trinajstić information content (AvgIpc) is 3.20. The number of rotatable bonds is 14. The fourth-order valence-corrected chi connectivity index (χ4v) is 6.72. The molecular weight excluding hydrogens is 972 g/mol. The first-order valence-electron chi connectivity index (χ1n) is 17.4. The van der Waals surface area contributed by atoms with Crippen molar-refractivity contribution >= 4 is 162 Å². The Hall–Kier alpha value is -5.16. The minimum absolute atomic E-state index is 0.0212. The third-order valence-electron chi connectivity index (χ3n) is 8.20. The number of benzene rings is 5. The van der Waals surface area contributed by atoms with Crippen molar-refractivity contribution in [2.75, 3.05) is 21.3 Å². The second-order valence-corrected chi connectivity index (χ2v) is 15.9. The van der Waals surface area contributed by atoms with Crippen LogP contribution in [0.15, 0.2) is 105 Å². The zero-order chi connectivity index (χ0) is 45.4. The number of nitrogens with zero attached hydrogens (tertiary/aromatic N) is 4. The Morgan fingerprint density at radius 3 is 1.16 bits per heavy atom. The predicted octanol–water partition coefficient (Wildman–Crippen LogP) is 12.8. The van der Waals surface area contributed by atoms with Crippen molar-refractivity contribution in [2.24, 2.45) is 20.5 Å². The second kappa shape index (κ2) is 21.3. The number of hydrogen-bond donors (Lipinski definition) is 4. The van der Waals surface area contributed by atoms with E-state index in [2.05, 4.69) is 41.7 Å². The van der Waals surface area contributed by atoms with Crippen molar-refractivity contribution in [2.45, 2.75) is 25.9 Å². The summed E-state index contributed by atoms with van der Waals surface area (Å²) in [7, 11) is 0. The lowest BCUT2D eigenvalue weighted by atomic mass is 10.1. The highest BCUT2D eigenvalue weighted by molar-refractivity contribution is 6.40. The summed E-state index contributed by atoms with van der Waals surface area (Å²) in [6.45, 7) is 2.19. The van der Waals surface area contributed by atoms with Crippen LogP contribution in [0.3, 0.4) is 0 Å². The van der Waals surface area contributed by atoms with E-state index in [1.165, 1.54) is 72.8 Å². The monoisotopic (exact) mass is 994 g/mol. The molecule has 0 aliphatic carbocycles.